The van der Waals surface area contributed by atoms with E-state index in [-0.39, 0.29) is 11.8 Å². The Balaban J connectivity index is 1.53. The second kappa shape index (κ2) is 13.1. The number of nitrogens with zero attached hydrogens (tertiary/aromatic N) is 2. The van der Waals surface area contributed by atoms with Crippen LogP contribution in [0.5, 0.6) is 0 Å². The van der Waals surface area contributed by atoms with Crippen molar-refractivity contribution < 1.29 is 14.3 Å². The molecule has 2 N–H and O–H groups in total. The number of methoxy groups -OCH3 is 1. The molecule has 1 aromatic heterocycles. The number of alkyl carbamates (subject to hydrolysis) is 1. The fourth-order valence-corrected chi connectivity index (χ4v) is 4.72. The number of nitrogens with one attached hydrogen (secondary N) is 2. The van der Waals surface area contributed by atoms with E-state index in [0.29, 0.717) is 25.3 Å². The van der Waals surface area contributed by atoms with E-state index in [9.17, 15) is 9.59 Å². The molecule has 0 bridgehead atoms. The number of fused-ring (bicyclic) bond motifs is 1. The fourth-order valence-electron chi connectivity index (χ4n) is 4.72. The van der Waals surface area contributed by atoms with Gasteiger partial charge in [0, 0.05) is 12.1 Å². The molecule has 0 aliphatic rings. The van der Waals surface area contributed by atoms with Crippen molar-refractivity contribution in [2.24, 2.45) is 5.92 Å². The molecule has 3 aromatic carbocycles. The highest BCUT2D eigenvalue weighted by atomic mass is 16.5. The van der Waals surface area contributed by atoms with Gasteiger partial charge in [0.15, 0.2) is 0 Å². The minimum atomic E-state index is -0.648. The zero-order valence-corrected chi connectivity index (χ0v) is 23.2. The van der Waals surface area contributed by atoms with E-state index in [4.69, 9.17) is 4.74 Å². The molecule has 7 nitrogen and oxygen atoms in total. The molecule has 0 aliphatic carbocycles. The van der Waals surface area contributed by atoms with Gasteiger partial charge < -0.3 is 19.9 Å². The van der Waals surface area contributed by atoms with Crippen molar-refractivity contribution >= 4 is 22.8 Å². The molecule has 0 saturated heterocycles. The number of rotatable bonds is 11. The molecule has 204 valence electrons. The first-order valence-corrected chi connectivity index (χ1v) is 13.6. The van der Waals surface area contributed by atoms with Crippen LogP contribution < -0.4 is 5.32 Å². The third kappa shape index (κ3) is 7.25. The van der Waals surface area contributed by atoms with E-state index >= 15 is 0 Å². The van der Waals surface area contributed by atoms with E-state index < -0.39 is 12.1 Å². The number of H-pyrrole nitrogens is 1. The summed E-state index contributed by atoms with van der Waals surface area (Å²) in [5.41, 5.74) is 4.31. The summed E-state index contributed by atoms with van der Waals surface area (Å²) >= 11 is 0. The number of carbonyl (C=O) groups is 2. The fraction of sp³-hybridized carbons (Fsp3) is 0.344. The van der Waals surface area contributed by atoms with Crippen molar-refractivity contribution in [1.29, 1.82) is 0 Å². The first kappa shape index (κ1) is 27.9. The third-order valence-corrected chi connectivity index (χ3v) is 6.80. The van der Waals surface area contributed by atoms with Gasteiger partial charge in [0.1, 0.15) is 11.9 Å². The summed E-state index contributed by atoms with van der Waals surface area (Å²) in [5, 5.41) is 5.04. The molecule has 39 heavy (non-hydrogen) atoms. The van der Waals surface area contributed by atoms with Gasteiger partial charge in [0.05, 0.1) is 25.5 Å². The van der Waals surface area contributed by atoms with Crippen LogP contribution in [0.4, 0.5) is 4.79 Å². The number of imidazole rings is 1. The van der Waals surface area contributed by atoms with E-state index in [2.05, 4.69) is 82.9 Å². The lowest BCUT2D eigenvalue weighted by atomic mass is 9.99. The van der Waals surface area contributed by atoms with Gasteiger partial charge in [-0.25, -0.2) is 9.78 Å². The largest absolute Gasteiger partial charge is 0.453 e. The SMILES string of the molecule is CCCCN(Cc1ncc(-c2ccc3cc(-c4ccccc4)ccc3c2)[nH]1)C(=O)C(CC(C)C)NC(=O)OC. The predicted octanol–water partition coefficient (Wildman–Crippen LogP) is 6.80. The molecule has 0 spiro atoms. The van der Waals surface area contributed by atoms with Crippen LogP contribution >= 0.6 is 0 Å². The molecular formula is C32H38N4O3. The lowest BCUT2D eigenvalue weighted by Crippen LogP contribution is -2.49. The number of aromatic amines is 1. The first-order valence-electron chi connectivity index (χ1n) is 13.6. The predicted molar refractivity (Wildman–Crippen MR) is 156 cm³/mol. The zero-order chi connectivity index (χ0) is 27.8. The van der Waals surface area contributed by atoms with Crippen molar-refractivity contribution in [2.45, 2.75) is 52.6 Å². The number of hydrogen-bond acceptors (Lipinski definition) is 4. The van der Waals surface area contributed by atoms with Gasteiger partial charge in [-0.3, -0.25) is 4.79 Å². The molecule has 0 aliphatic heterocycles. The number of aromatic nitrogens is 2. The van der Waals surface area contributed by atoms with E-state index in [1.807, 2.05) is 26.1 Å². The average Bonchev–Trinajstić information content (AvgIpc) is 3.42. The molecule has 4 aromatic rings. The molecule has 1 unspecified atom stereocenters. The Morgan fingerprint density at radius 3 is 2.33 bits per heavy atom. The van der Waals surface area contributed by atoms with Crippen LogP contribution in [-0.4, -0.2) is 46.6 Å². The van der Waals surface area contributed by atoms with Crippen LogP contribution in [0.25, 0.3) is 33.2 Å². The minimum absolute atomic E-state index is 0.125. The Hall–Kier alpha value is -4.13. The smallest absolute Gasteiger partial charge is 0.407 e. The maximum Gasteiger partial charge on any atom is 0.407 e. The molecule has 1 heterocycles. The second-order valence-electron chi connectivity index (χ2n) is 10.3. The lowest BCUT2D eigenvalue weighted by molar-refractivity contribution is -0.134. The van der Waals surface area contributed by atoms with Crippen LogP contribution in [-0.2, 0) is 16.1 Å². The highest BCUT2D eigenvalue weighted by Crippen LogP contribution is 2.28. The van der Waals surface area contributed by atoms with Crippen molar-refractivity contribution in [2.75, 3.05) is 13.7 Å². The van der Waals surface area contributed by atoms with Crippen LogP contribution in [0, 0.1) is 5.92 Å². The van der Waals surface area contributed by atoms with Gasteiger partial charge in [-0.05, 0) is 52.8 Å². The summed E-state index contributed by atoms with van der Waals surface area (Å²) in [6, 6.07) is 22.6. The molecule has 2 amide bonds. The normalized spacial score (nSPS) is 11.9. The number of hydrogen-bond donors (Lipinski definition) is 2. The molecular weight excluding hydrogens is 488 g/mol. The first-order chi connectivity index (χ1) is 18.9. The number of amides is 2. The monoisotopic (exact) mass is 526 g/mol. The maximum absolute atomic E-state index is 13.5. The Bertz CT molecular complexity index is 1400. The summed E-state index contributed by atoms with van der Waals surface area (Å²) in [4.78, 5) is 35.2. The quantitative estimate of drug-likeness (QED) is 0.225. The minimum Gasteiger partial charge on any atom is -0.453 e. The van der Waals surface area contributed by atoms with Crippen molar-refractivity contribution in [3.63, 3.8) is 0 Å². The summed E-state index contributed by atoms with van der Waals surface area (Å²) in [6.07, 6.45) is 3.56. The maximum atomic E-state index is 13.5. The molecule has 1 atom stereocenters. The van der Waals surface area contributed by atoms with Crippen molar-refractivity contribution in [3.8, 4) is 22.4 Å². The van der Waals surface area contributed by atoms with Gasteiger partial charge in [-0.2, -0.15) is 0 Å². The highest BCUT2D eigenvalue weighted by Gasteiger charge is 2.27. The van der Waals surface area contributed by atoms with Gasteiger partial charge >= 0.3 is 6.09 Å². The van der Waals surface area contributed by atoms with Crippen LogP contribution in [0.1, 0.15) is 45.9 Å². The Kier molecular flexibility index (Phi) is 9.36. The van der Waals surface area contributed by atoms with Gasteiger partial charge in [-0.1, -0.05) is 81.8 Å². The zero-order valence-electron chi connectivity index (χ0n) is 23.2. The van der Waals surface area contributed by atoms with E-state index in [0.717, 1.165) is 29.5 Å². The van der Waals surface area contributed by atoms with E-state index in [1.54, 1.807) is 4.90 Å². The Morgan fingerprint density at radius 1 is 0.974 bits per heavy atom. The van der Waals surface area contributed by atoms with Crippen molar-refractivity contribution in [3.05, 3.63) is 78.8 Å². The summed E-state index contributed by atoms with van der Waals surface area (Å²) < 4.78 is 4.76. The molecule has 0 saturated carbocycles. The topological polar surface area (TPSA) is 87.3 Å². The van der Waals surface area contributed by atoms with Crippen molar-refractivity contribution in [1.82, 2.24) is 20.2 Å². The number of carbonyl (C=O) groups excluding carboxylic acids is 2. The van der Waals surface area contributed by atoms with Crippen LogP contribution in [0.15, 0.2) is 72.9 Å². The lowest BCUT2D eigenvalue weighted by Gasteiger charge is -2.28. The van der Waals surface area contributed by atoms with Gasteiger partial charge in [-0.15, -0.1) is 0 Å². The third-order valence-electron chi connectivity index (χ3n) is 6.80. The summed E-state index contributed by atoms with van der Waals surface area (Å²) in [5.74, 6) is 0.812. The van der Waals surface area contributed by atoms with E-state index in [1.165, 1.54) is 23.6 Å². The Labute approximate surface area is 230 Å². The Morgan fingerprint density at radius 2 is 1.67 bits per heavy atom. The number of unbranched alkanes of at least 4 members (excludes halogenated alkanes) is 1. The molecule has 7 heteroatoms. The second-order valence-corrected chi connectivity index (χ2v) is 10.3. The number of benzene rings is 3. The average molecular weight is 527 g/mol. The standard InChI is InChI=1S/C32H38N4O3/c1-5-6-16-36(31(37)28(17-22(2)3)35-32(38)39-4)21-30-33-20-29(34-30)27-15-14-25-18-24(12-13-26(25)19-27)23-10-8-7-9-11-23/h7-15,18-20,22,28H,5-6,16-17,21H2,1-4H3,(H,33,34)(H,35,38). The number of ether oxygens (including phenoxy) is 1. The summed E-state index contributed by atoms with van der Waals surface area (Å²) in [6.45, 7) is 7.07. The molecule has 0 radical (unpaired) electrons. The van der Waals surface area contributed by atoms with Gasteiger partial charge in [0.25, 0.3) is 0 Å². The van der Waals surface area contributed by atoms with Crippen LogP contribution in [0.3, 0.4) is 0 Å². The van der Waals surface area contributed by atoms with Crippen LogP contribution in [0.2, 0.25) is 0 Å². The van der Waals surface area contributed by atoms with Gasteiger partial charge in [0.2, 0.25) is 5.91 Å². The molecule has 0 fully saturated rings. The highest BCUT2D eigenvalue weighted by molar-refractivity contribution is 5.90. The summed E-state index contributed by atoms with van der Waals surface area (Å²) in [7, 11) is 1.31. The molecule has 4 rings (SSSR count).